The van der Waals surface area contributed by atoms with E-state index in [1.807, 2.05) is 72.0 Å². The zero-order chi connectivity index (χ0) is 62.6. The number of rotatable bonds is 19. The predicted molar refractivity (Wildman–Crippen MR) is 319 cm³/mol. The van der Waals surface area contributed by atoms with Crippen molar-refractivity contribution in [3.63, 3.8) is 0 Å². The van der Waals surface area contributed by atoms with Crippen molar-refractivity contribution in [2.45, 2.75) is 161 Å². The molecule has 2 aliphatic rings. The molecule has 0 bridgehead atoms. The highest BCUT2D eigenvalue weighted by Crippen LogP contribution is 2.36. The van der Waals surface area contributed by atoms with Gasteiger partial charge in [-0.2, -0.15) is 0 Å². The molecule has 23 nitrogen and oxygen atoms in total. The zero-order valence-corrected chi connectivity index (χ0v) is 50.7. The molecule has 9 atom stereocenters. The Hall–Kier alpha value is -8.34. The molecule has 2 aliphatic heterocycles. The van der Waals surface area contributed by atoms with Crippen molar-refractivity contribution in [3.8, 4) is 11.5 Å². The normalized spacial score (nSPS) is 23.0. The first kappa shape index (κ1) is 65.8. The minimum absolute atomic E-state index is 0.0405. The van der Waals surface area contributed by atoms with Gasteiger partial charge in [0.1, 0.15) is 54.1 Å². The van der Waals surface area contributed by atoms with Crippen molar-refractivity contribution in [1.29, 1.82) is 0 Å². The topological polar surface area (TPSA) is 305 Å². The third-order valence-corrected chi connectivity index (χ3v) is 15.8. The lowest BCUT2D eigenvalue weighted by Crippen LogP contribution is -2.60. The van der Waals surface area contributed by atoms with Gasteiger partial charge < -0.3 is 60.8 Å². The quantitative estimate of drug-likeness (QED) is 0.0290. The lowest BCUT2D eigenvalue weighted by molar-refractivity contribution is -0.385. The summed E-state index contributed by atoms with van der Waals surface area (Å²) in [4.78, 5) is 132. The van der Waals surface area contributed by atoms with Crippen LogP contribution in [0.5, 0.6) is 11.5 Å². The van der Waals surface area contributed by atoms with Crippen LogP contribution in [0.1, 0.15) is 105 Å². The summed E-state index contributed by atoms with van der Waals surface area (Å²) in [6.45, 7) is 16.7. The number of aromatic hydroxyl groups is 1. The number of likely N-dealkylation sites (N-methyl/N-ethyl adjacent to an activating group) is 2. The van der Waals surface area contributed by atoms with Crippen LogP contribution in [0.3, 0.4) is 0 Å². The Kier molecular flexibility index (Phi) is 22.4. The van der Waals surface area contributed by atoms with Gasteiger partial charge in [0.25, 0.3) is 0 Å². The van der Waals surface area contributed by atoms with Gasteiger partial charge in [-0.05, 0) is 94.5 Å². The molecule has 6 rings (SSSR count). The number of fused-ring (bicyclic) bond motifs is 1. The summed E-state index contributed by atoms with van der Waals surface area (Å²) >= 11 is 0. The second-order valence-electron chi connectivity index (χ2n) is 23.6. The molecule has 0 saturated carbocycles. The lowest BCUT2D eigenvalue weighted by Gasteiger charge is -2.33. The van der Waals surface area contributed by atoms with Gasteiger partial charge in [0, 0.05) is 68.1 Å². The Morgan fingerprint density at radius 2 is 1.34 bits per heavy atom. The SMILES string of the molecule is C/C=C/C[C@@H]1NC(=O)[C@H](CC(C)C)NC(=O)[C@H](CC(C)C(=O)NCc2ccccc2OC)N(C)C(=O)[C@H](C)NC(=O)[C@H](Cc2ccc(O)c([N+](=O)[O-])c2)NC(=O)[C@H](CC(C)C)N(C)C(=O)[C@H](Cc2cn(C(C)(C)C3CO3)c3ccccc23)NC1=O. The van der Waals surface area contributed by atoms with Crippen LogP contribution in [-0.2, 0) is 68.0 Å². The summed E-state index contributed by atoms with van der Waals surface area (Å²) in [5, 5.41) is 40.0. The van der Waals surface area contributed by atoms with Crippen LogP contribution in [0, 0.1) is 27.9 Å². The highest BCUT2D eigenvalue weighted by molar-refractivity contribution is 5.99. The Balaban J connectivity index is 1.47. The highest BCUT2D eigenvalue weighted by atomic mass is 16.6. The van der Waals surface area contributed by atoms with Crippen LogP contribution < -0.4 is 36.6 Å². The molecule has 0 aliphatic carbocycles. The Morgan fingerprint density at radius 1 is 0.765 bits per heavy atom. The van der Waals surface area contributed by atoms with Crippen molar-refractivity contribution in [2.75, 3.05) is 27.8 Å². The molecule has 3 heterocycles. The molecule has 0 spiro atoms. The number of hydrogen-bond acceptors (Lipinski definition) is 13. The molecular formula is C62H84N10O13. The molecule has 0 radical (unpaired) electrons. The van der Waals surface area contributed by atoms with Gasteiger partial charge in [-0.3, -0.25) is 48.5 Å². The maximum Gasteiger partial charge on any atom is 0.310 e. The van der Waals surface area contributed by atoms with E-state index in [1.54, 1.807) is 50.3 Å². The fourth-order valence-corrected chi connectivity index (χ4v) is 10.7. The summed E-state index contributed by atoms with van der Waals surface area (Å²) in [5.41, 5.74) is 1.13. The number of nitro groups is 1. The molecule has 85 heavy (non-hydrogen) atoms. The van der Waals surface area contributed by atoms with Crippen molar-refractivity contribution in [2.24, 2.45) is 17.8 Å². The van der Waals surface area contributed by atoms with E-state index in [2.05, 4.69) is 36.5 Å². The number of hydrogen-bond donors (Lipinski definition) is 7. The van der Waals surface area contributed by atoms with Crippen LogP contribution in [0.2, 0.25) is 0 Å². The van der Waals surface area contributed by atoms with Crippen LogP contribution in [0.4, 0.5) is 5.69 Å². The minimum atomic E-state index is -1.59. The molecule has 4 aromatic rings. The number of epoxide rings is 1. The maximum atomic E-state index is 15.5. The summed E-state index contributed by atoms with van der Waals surface area (Å²) in [6.07, 6.45) is 4.45. The number of ether oxygens (including phenoxy) is 2. The minimum Gasteiger partial charge on any atom is -0.502 e. The van der Waals surface area contributed by atoms with Crippen LogP contribution in [-0.4, -0.2) is 148 Å². The van der Waals surface area contributed by atoms with Gasteiger partial charge >= 0.3 is 5.69 Å². The Morgan fingerprint density at radius 3 is 1.98 bits per heavy atom. The Bertz CT molecular complexity index is 3130. The third kappa shape index (κ3) is 16.7. The number of para-hydroxylation sites is 2. The first-order valence-corrected chi connectivity index (χ1v) is 28.9. The monoisotopic (exact) mass is 1180 g/mol. The van der Waals surface area contributed by atoms with Gasteiger partial charge in [-0.15, -0.1) is 0 Å². The van der Waals surface area contributed by atoms with E-state index < -0.39 is 124 Å². The van der Waals surface area contributed by atoms with Crippen LogP contribution >= 0.6 is 0 Å². The number of amides is 8. The number of nitrogens with one attached hydrogen (secondary N) is 6. The summed E-state index contributed by atoms with van der Waals surface area (Å²) in [5.74, 6) is -7.62. The molecule has 7 N–H and O–H groups in total. The van der Waals surface area contributed by atoms with E-state index in [1.165, 1.54) is 39.1 Å². The third-order valence-electron chi connectivity index (χ3n) is 15.8. The Labute approximate surface area is 496 Å². The highest BCUT2D eigenvalue weighted by Gasteiger charge is 2.43. The maximum absolute atomic E-state index is 15.5. The fraction of sp³-hybridized carbons (Fsp3) is 0.516. The molecule has 2 saturated heterocycles. The molecule has 2 unspecified atom stereocenters. The molecule has 3 aromatic carbocycles. The molecule has 1 aromatic heterocycles. The number of carbonyl (C=O) groups is 8. The van der Waals surface area contributed by atoms with E-state index in [0.717, 1.165) is 27.9 Å². The number of carbonyl (C=O) groups excluding carboxylic acids is 8. The van der Waals surface area contributed by atoms with E-state index in [-0.39, 0.29) is 62.2 Å². The van der Waals surface area contributed by atoms with Crippen LogP contribution in [0.15, 0.2) is 85.1 Å². The first-order valence-electron chi connectivity index (χ1n) is 28.9. The number of nitro benzene ring substituents is 1. The van der Waals surface area contributed by atoms with Crippen LogP contribution in [0.25, 0.3) is 10.9 Å². The summed E-state index contributed by atoms with van der Waals surface area (Å²) in [7, 11) is 4.23. The number of methoxy groups -OCH3 is 1. The number of phenolic OH excluding ortho intramolecular Hbond substituents is 1. The first-order chi connectivity index (χ1) is 40.2. The lowest BCUT2D eigenvalue weighted by atomic mass is 9.97. The van der Waals surface area contributed by atoms with Crippen molar-refractivity contribution >= 4 is 63.8 Å². The second kappa shape index (κ2) is 29.0. The van der Waals surface area contributed by atoms with E-state index in [9.17, 15) is 39.2 Å². The largest absolute Gasteiger partial charge is 0.502 e. The number of allylic oxidation sites excluding steroid dienone is 1. The average Bonchev–Trinajstić information content (AvgIpc) is 1.99. The molecule has 23 heteroatoms. The number of nitrogens with zero attached hydrogens (tertiary/aromatic N) is 4. The summed E-state index contributed by atoms with van der Waals surface area (Å²) in [6, 6.07) is 8.34. The zero-order valence-electron chi connectivity index (χ0n) is 50.7. The predicted octanol–water partition coefficient (Wildman–Crippen LogP) is 4.70. The van der Waals surface area contributed by atoms with Gasteiger partial charge in [0.15, 0.2) is 5.75 Å². The van der Waals surface area contributed by atoms with Crippen molar-refractivity contribution in [3.05, 3.63) is 112 Å². The standard InChI is InChI=1S/C62H84N10O13/c1-13-14-21-43-55(75)68-46(31-41-33-71(62(8,9)53-34-85-53)47-22-17-16-20-42(41)47)61(81)70(11)49(27-36(4)5)58(78)67-45(29-39-24-25-51(73)48(30-39)72(82)83)56(76)64-38(7)60(80)69(10)50(59(79)66-44(26-35(2)3)57(77)65-43)28-37(6)54(74)63-32-40-19-15-18-23-52(40)84-12/h13-20,22-25,30,33,35-38,43-46,49-50,53,73H,21,26-29,31-32,34H2,1-12H3,(H,63,74)(H,64,76)(H,65,77)(H,66,79)(H,67,78)(H,68,75)/b14-13+/t37?,38-,43-,44-,45-,46-,49-,50-,53?/m0/s1. The van der Waals surface area contributed by atoms with Crippen molar-refractivity contribution < 1.29 is 57.9 Å². The molecule has 8 amide bonds. The van der Waals surface area contributed by atoms with Gasteiger partial charge in [-0.1, -0.05) is 89.2 Å². The fourth-order valence-electron chi connectivity index (χ4n) is 10.7. The number of phenols is 1. The smallest absolute Gasteiger partial charge is 0.310 e. The molecular weight excluding hydrogens is 1090 g/mol. The van der Waals surface area contributed by atoms with E-state index in [0.29, 0.717) is 23.5 Å². The second-order valence-corrected chi connectivity index (χ2v) is 23.6. The number of aromatic nitrogens is 1. The molecule has 460 valence electrons. The number of benzene rings is 3. The van der Waals surface area contributed by atoms with E-state index in [4.69, 9.17) is 9.47 Å². The van der Waals surface area contributed by atoms with Crippen molar-refractivity contribution in [1.82, 2.24) is 46.3 Å². The van der Waals surface area contributed by atoms with E-state index >= 15 is 14.4 Å². The summed E-state index contributed by atoms with van der Waals surface area (Å²) < 4.78 is 13.3. The van der Waals surface area contributed by atoms with Gasteiger partial charge in [0.05, 0.1) is 24.2 Å². The van der Waals surface area contributed by atoms with Gasteiger partial charge in [0.2, 0.25) is 47.3 Å². The average molecular weight is 1180 g/mol. The van der Waals surface area contributed by atoms with Gasteiger partial charge in [-0.25, -0.2) is 0 Å². The molecule has 2 fully saturated rings.